The zero-order chi connectivity index (χ0) is 19.9. The van der Waals surface area contributed by atoms with E-state index >= 15 is 0 Å². The van der Waals surface area contributed by atoms with Crippen molar-refractivity contribution in [1.82, 2.24) is 0 Å². The highest BCUT2D eigenvalue weighted by Crippen LogP contribution is 2.56. The Balaban J connectivity index is 2.36. The standard InChI is InChI=1S/C20H32F6/c1-11(2)13-5-7-17(19(21,22)23)15(9-13)16-10-14(12(3)4)6-8-18(16)20(24,25)26/h11-18H,5-10H2,1-4H3/t13-,14-,15?,16?,17-,18-/m0/s1. The van der Waals surface area contributed by atoms with Gasteiger partial charge in [-0.1, -0.05) is 27.7 Å². The lowest BCUT2D eigenvalue weighted by Crippen LogP contribution is -2.47. The minimum atomic E-state index is -4.41. The molecule has 0 spiro atoms. The summed E-state index contributed by atoms with van der Waals surface area (Å²) in [5.41, 5.74) is 0. The summed E-state index contributed by atoms with van der Waals surface area (Å²) in [6.45, 7) is 7.87. The fraction of sp³-hybridized carbons (Fsp3) is 1.00. The van der Waals surface area contributed by atoms with Crippen molar-refractivity contribution in [1.29, 1.82) is 0 Å². The summed E-state index contributed by atoms with van der Waals surface area (Å²) in [5.74, 6) is -4.37. The number of alkyl halides is 6. The molecule has 2 fully saturated rings. The van der Waals surface area contributed by atoms with Gasteiger partial charge in [-0.3, -0.25) is 0 Å². The maximum Gasteiger partial charge on any atom is 0.392 e. The van der Waals surface area contributed by atoms with Gasteiger partial charge in [0.25, 0.3) is 0 Å². The lowest BCUT2D eigenvalue weighted by Gasteiger charge is -2.48. The van der Waals surface area contributed by atoms with E-state index in [-0.39, 0.29) is 49.4 Å². The second-order valence-electron chi connectivity index (χ2n) is 9.26. The highest BCUT2D eigenvalue weighted by molar-refractivity contribution is 4.95. The Labute approximate surface area is 153 Å². The van der Waals surface area contributed by atoms with Crippen LogP contribution >= 0.6 is 0 Å². The first-order valence-electron chi connectivity index (χ1n) is 9.95. The summed E-state index contributed by atoms with van der Waals surface area (Å²) in [6, 6.07) is 0. The highest BCUT2D eigenvalue weighted by atomic mass is 19.4. The summed E-state index contributed by atoms with van der Waals surface area (Å²) in [5, 5.41) is 0. The maximum atomic E-state index is 13.7. The van der Waals surface area contributed by atoms with Crippen molar-refractivity contribution in [2.45, 2.75) is 78.6 Å². The summed E-state index contributed by atoms with van der Waals surface area (Å²) < 4.78 is 82.0. The third-order valence-electron chi connectivity index (χ3n) is 7.16. The minimum absolute atomic E-state index is 0.0234. The summed E-state index contributed by atoms with van der Waals surface area (Å²) in [4.78, 5) is 0. The van der Waals surface area contributed by atoms with Gasteiger partial charge in [0.05, 0.1) is 11.8 Å². The van der Waals surface area contributed by atoms with E-state index in [1.807, 2.05) is 27.7 Å². The van der Waals surface area contributed by atoms with Crippen molar-refractivity contribution in [3.63, 3.8) is 0 Å². The SMILES string of the molecule is CC(C)[C@H]1CC[C@H](C(F)(F)F)C(C2C[C@@H](C(C)C)CC[C@@H]2C(F)(F)F)C1. The summed E-state index contributed by atoms with van der Waals surface area (Å²) >= 11 is 0. The molecule has 0 nitrogen and oxygen atoms in total. The lowest BCUT2D eigenvalue weighted by molar-refractivity contribution is -0.239. The second-order valence-corrected chi connectivity index (χ2v) is 9.26. The van der Waals surface area contributed by atoms with Crippen molar-refractivity contribution in [2.24, 2.45) is 47.3 Å². The molecule has 2 saturated carbocycles. The van der Waals surface area contributed by atoms with Crippen molar-refractivity contribution in [2.75, 3.05) is 0 Å². The van der Waals surface area contributed by atoms with E-state index in [2.05, 4.69) is 0 Å². The zero-order valence-corrected chi connectivity index (χ0v) is 16.1. The molecule has 154 valence electrons. The Morgan fingerprint density at radius 3 is 1.12 bits per heavy atom. The van der Waals surface area contributed by atoms with Gasteiger partial charge in [0.1, 0.15) is 0 Å². The van der Waals surface area contributed by atoms with Crippen LogP contribution in [0.4, 0.5) is 26.3 Å². The first kappa shape index (κ1) is 21.9. The average Bonchev–Trinajstić information content (AvgIpc) is 2.51. The van der Waals surface area contributed by atoms with Crippen molar-refractivity contribution in [3.05, 3.63) is 0 Å². The van der Waals surface area contributed by atoms with Crippen molar-refractivity contribution < 1.29 is 26.3 Å². The zero-order valence-electron chi connectivity index (χ0n) is 16.1. The largest absolute Gasteiger partial charge is 0.392 e. The van der Waals surface area contributed by atoms with Crippen LogP contribution in [0.15, 0.2) is 0 Å². The Morgan fingerprint density at radius 1 is 0.577 bits per heavy atom. The van der Waals surface area contributed by atoms with E-state index in [9.17, 15) is 26.3 Å². The molecule has 2 aliphatic carbocycles. The third-order valence-corrected chi connectivity index (χ3v) is 7.16. The van der Waals surface area contributed by atoms with Gasteiger partial charge in [-0.15, -0.1) is 0 Å². The number of hydrogen-bond donors (Lipinski definition) is 0. The molecule has 2 unspecified atom stereocenters. The topological polar surface area (TPSA) is 0 Å². The first-order valence-corrected chi connectivity index (χ1v) is 9.95. The molecule has 0 aromatic rings. The van der Waals surface area contributed by atoms with Gasteiger partial charge in [0.2, 0.25) is 0 Å². The first-order chi connectivity index (χ1) is 11.8. The highest BCUT2D eigenvalue weighted by Gasteiger charge is 2.56. The smallest absolute Gasteiger partial charge is 0.171 e. The second kappa shape index (κ2) is 7.90. The molecular weight excluding hydrogens is 354 g/mol. The predicted octanol–water partition coefficient (Wildman–Crippen LogP) is 7.49. The van der Waals surface area contributed by atoms with Gasteiger partial charge < -0.3 is 0 Å². The van der Waals surface area contributed by atoms with Crippen LogP contribution in [0.2, 0.25) is 0 Å². The molecular formula is C20H32F6. The van der Waals surface area contributed by atoms with E-state index in [0.717, 1.165) is 0 Å². The number of halogens is 6. The molecule has 2 rings (SSSR count). The normalized spacial score (nSPS) is 37.4. The molecule has 0 radical (unpaired) electrons. The van der Waals surface area contributed by atoms with Crippen LogP contribution in [0.1, 0.15) is 66.2 Å². The van der Waals surface area contributed by atoms with Gasteiger partial charge in [-0.05, 0) is 74.0 Å². The van der Waals surface area contributed by atoms with E-state index in [1.165, 1.54) is 0 Å². The molecule has 26 heavy (non-hydrogen) atoms. The lowest BCUT2D eigenvalue weighted by atomic mass is 9.58. The van der Waals surface area contributed by atoms with E-state index in [0.29, 0.717) is 12.8 Å². The van der Waals surface area contributed by atoms with Gasteiger partial charge in [0.15, 0.2) is 0 Å². The van der Waals surface area contributed by atoms with Crippen LogP contribution in [-0.2, 0) is 0 Å². The van der Waals surface area contributed by atoms with Gasteiger partial charge in [-0.2, -0.15) is 26.3 Å². The van der Waals surface area contributed by atoms with Crippen molar-refractivity contribution in [3.8, 4) is 0 Å². The number of rotatable bonds is 3. The van der Waals surface area contributed by atoms with E-state index in [4.69, 9.17) is 0 Å². The van der Waals surface area contributed by atoms with Crippen LogP contribution < -0.4 is 0 Å². The quantitative estimate of drug-likeness (QED) is 0.441. The predicted molar refractivity (Wildman–Crippen MR) is 90.4 cm³/mol. The fourth-order valence-corrected chi connectivity index (χ4v) is 5.45. The molecule has 0 saturated heterocycles. The monoisotopic (exact) mass is 386 g/mol. The average molecular weight is 386 g/mol. The van der Waals surface area contributed by atoms with Crippen molar-refractivity contribution >= 4 is 0 Å². The van der Waals surface area contributed by atoms with Gasteiger partial charge in [-0.25, -0.2) is 0 Å². The molecule has 6 heteroatoms. The molecule has 6 atom stereocenters. The molecule has 0 heterocycles. The number of hydrogen-bond acceptors (Lipinski definition) is 0. The minimum Gasteiger partial charge on any atom is -0.171 e. The van der Waals surface area contributed by atoms with Gasteiger partial charge >= 0.3 is 12.4 Å². The maximum absolute atomic E-state index is 13.7. The summed E-state index contributed by atoms with van der Waals surface area (Å²) in [7, 11) is 0. The van der Waals surface area contributed by atoms with Gasteiger partial charge in [0, 0.05) is 0 Å². The van der Waals surface area contributed by atoms with Crippen LogP contribution in [0.5, 0.6) is 0 Å². The molecule has 0 aromatic heterocycles. The molecule has 0 N–H and O–H groups in total. The molecule has 2 aliphatic rings. The van der Waals surface area contributed by atoms with Crippen LogP contribution in [0.3, 0.4) is 0 Å². The Kier molecular flexibility index (Phi) is 6.65. The molecule has 0 amide bonds. The van der Waals surface area contributed by atoms with Crippen LogP contribution in [0.25, 0.3) is 0 Å². The van der Waals surface area contributed by atoms with Crippen LogP contribution in [0, 0.1) is 47.3 Å². The third kappa shape index (κ3) is 4.89. The molecule has 0 aliphatic heterocycles. The van der Waals surface area contributed by atoms with E-state index in [1.54, 1.807) is 0 Å². The Hall–Kier alpha value is -0.420. The molecule has 0 bridgehead atoms. The molecule has 0 aromatic carbocycles. The Bertz CT molecular complexity index is 408. The Morgan fingerprint density at radius 2 is 0.885 bits per heavy atom. The van der Waals surface area contributed by atoms with E-state index < -0.39 is 36.0 Å². The fourth-order valence-electron chi connectivity index (χ4n) is 5.45. The van der Waals surface area contributed by atoms with Crippen LogP contribution in [-0.4, -0.2) is 12.4 Å². The summed E-state index contributed by atoms with van der Waals surface area (Å²) in [6.07, 6.45) is -7.37.